The Hall–Kier alpha value is -1.40. The Bertz CT molecular complexity index is 545. The Labute approximate surface area is 105 Å². The van der Waals surface area contributed by atoms with Gasteiger partial charge in [-0.15, -0.1) is 10.2 Å². The molecule has 0 aliphatic carbocycles. The number of benzene rings is 1. The first-order chi connectivity index (χ1) is 7.58. The molecule has 0 aliphatic heterocycles. The van der Waals surface area contributed by atoms with Crippen molar-refractivity contribution >= 4 is 39.3 Å². The third-order valence-electron chi connectivity index (χ3n) is 1.91. The van der Waals surface area contributed by atoms with Crippen LogP contribution in [-0.4, -0.2) is 15.2 Å². The molecule has 2 aromatic rings. The van der Waals surface area contributed by atoms with Crippen molar-refractivity contribution in [3.05, 3.63) is 27.7 Å². The second-order valence-corrected chi connectivity index (χ2v) is 4.32. The maximum Gasteiger partial charge on any atom is 0.242 e. The van der Waals surface area contributed by atoms with Gasteiger partial charge in [-0.2, -0.15) is 4.98 Å². The molecular weight excluding hydrogens is 293 g/mol. The number of anilines is 2. The second kappa shape index (κ2) is 4.23. The number of nitrogens with zero attached hydrogens (tertiary/aromatic N) is 3. The molecule has 4 N–H and O–H groups in total. The van der Waals surface area contributed by atoms with E-state index in [0.29, 0.717) is 10.7 Å². The van der Waals surface area contributed by atoms with Gasteiger partial charge >= 0.3 is 0 Å². The van der Waals surface area contributed by atoms with Gasteiger partial charge in [-0.25, -0.2) is 0 Å². The van der Waals surface area contributed by atoms with Gasteiger partial charge in [-0.1, -0.05) is 27.5 Å². The van der Waals surface area contributed by atoms with E-state index >= 15 is 0 Å². The molecule has 0 atom stereocenters. The summed E-state index contributed by atoms with van der Waals surface area (Å²) in [6, 6.07) is 5.28. The summed E-state index contributed by atoms with van der Waals surface area (Å²) in [5, 5.41) is 8.14. The molecule has 1 heterocycles. The van der Waals surface area contributed by atoms with Crippen molar-refractivity contribution < 1.29 is 0 Å². The van der Waals surface area contributed by atoms with Crippen molar-refractivity contribution in [2.24, 2.45) is 0 Å². The zero-order chi connectivity index (χ0) is 11.7. The summed E-state index contributed by atoms with van der Waals surface area (Å²) in [6.07, 6.45) is 0. The van der Waals surface area contributed by atoms with Crippen molar-refractivity contribution in [2.45, 2.75) is 0 Å². The first-order valence-electron chi connectivity index (χ1n) is 4.29. The van der Waals surface area contributed by atoms with Gasteiger partial charge in [-0.3, -0.25) is 0 Å². The zero-order valence-corrected chi connectivity index (χ0v) is 10.3. The van der Waals surface area contributed by atoms with E-state index in [-0.39, 0.29) is 11.8 Å². The molecule has 16 heavy (non-hydrogen) atoms. The Morgan fingerprint density at radius 2 is 1.94 bits per heavy atom. The lowest BCUT2D eigenvalue weighted by molar-refractivity contribution is 0.999. The lowest BCUT2D eigenvalue weighted by atomic mass is 10.1. The fraction of sp³-hybridized carbons (Fsp3) is 0. The first kappa shape index (κ1) is 11.1. The van der Waals surface area contributed by atoms with Gasteiger partial charge in [0.05, 0.1) is 0 Å². The van der Waals surface area contributed by atoms with Crippen molar-refractivity contribution in [1.82, 2.24) is 15.2 Å². The SMILES string of the molecule is Nc1nnc(-c2cc(Cl)ccc2Br)c(N)n1. The van der Waals surface area contributed by atoms with E-state index in [1.165, 1.54) is 0 Å². The average molecular weight is 301 g/mol. The monoisotopic (exact) mass is 299 g/mol. The van der Waals surface area contributed by atoms with Crippen molar-refractivity contribution in [3.63, 3.8) is 0 Å². The predicted molar refractivity (Wildman–Crippen MR) is 66.8 cm³/mol. The van der Waals surface area contributed by atoms with Crippen molar-refractivity contribution in [1.29, 1.82) is 0 Å². The molecule has 1 aromatic heterocycles. The van der Waals surface area contributed by atoms with Crippen LogP contribution in [0.3, 0.4) is 0 Å². The Kier molecular flexibility index (Phi) is 2.93. The van der Waals surface area contributed by atoms with Gasteiger partial charge in [-0.05, 0) is 18.2 Å². The third kappa shape index (κ3) is 2.07. The van der Waals surface area contributed by atoms with Crippen LogP contribution in [0.1, 0.15) is 0 Å². The van der Waals surface area contributed by atoms with Crippen LogP contribution in [0.25, 0.3) is 11.3 Å². The molecule has 0 radical (unpaired) electrons. The van der Waals surface area contributed by atoms with Gasteiger partial charge in [0.1, 0.15) is 5.69 Å². The standard InChI is InChI=1S/C9H7BrClN5/c10-6-2-1-4(11)3-5(6)7-8(12)14-9(13)16-15-7/h1-3H,(H4,12,13,14,16). The normalized spacial score (nSPS) is 10.4. The smallest absolute Gasteiger partial charge is 0.242 e. The van der Waals surface area contributed by atoms with Crippen molar-refractivity contribution in [2.75, 3.05) is 11.5 Å². The summed E-state index contributed by atoms with van der Waals surface area (Å²) in [5.74, 6) is 0.259. The number of hydrogen-bond acceptors (Lipinski definition) is 5. The molecule has 1 aromatic carbocycles. The molecule has 0 unspecified atom stereocenters. The molecule has 2 rings (SSSR count). The third-order valence-corrected chi connectivity index (χ3v) is 2.84. The summed E-state index contributed by atoms with van der Waals surface area (Å²) in [4.78, 5) is 3.84. The molecule has 0 bridgehead atoms. The fourth-order valence-corrected chi connectivity index (χ4v) is 1.83. The maximum atomic E-state index is 5.90. The van der Waals surface area contributed by atoms with Gasteiger partial charge in [0, 0.05) is 15.1 Å². The molecule has 0 aliphatic rings. The van der Waals surface area contributed by atoms with Crippen LogP contribution in [0.2, 0.25) is 5.02 Å². The van der Waals surface area contributed by atoms with Crippen LogP contribution < -0.4 is 11.5 Å². The fourth-order valence-electron chi connectivity index (χ4n) is 1.22. The van der Waals surface area contributed by atoms with Gasteiger partial charge < -0.3 is 11.5 Å². The van der Waals surface area contributed by atoms with Crippen LogP contribution in [0.15, 0.2) is 22.7 Å². The molecular formula is C9H7BrClN5. The number of halogens is 2. The van der Waals surface area contributed by atoms with Gasteiger partial charge in [0.25, 0.3) is 0 Å². The van der Waals surface area contributed by atoms with Crippen LogP contribution in [-0.2, 0) is 0 Å². The van der Waals surface area contributed by atoms with E-state index in [1.54, 1.807) is 18.2 Å². The van der Waals surface area contributed by atoms with Crippen LogP contribution in [0.4, 0.5) is 11.8 Å². The zero-order valence-electron chi connectivity index (χ0n) is 7.98. The average Bonchev–Trinajstić information content (AvgIpc) is 2.22. The first-order valence-corrected chi connectivity index (χ1v) is 5.46. The van der Waals surface area contributed by atoms with E-state index in [1.807, 2.05) is 0 Å². The molecule has 0 saturated heterocycles. The number of nitrogens with two attached hydrogens (primary N) is 2. The highest BCUT2D eigenvalue weighted by Crippen LogP contribution is 2.31. The molecule has 82 valence electrons. The van der Waals surface area contributed by atoms with E-state index in [9.17, 15) is 0 Å². The van der Waals surface area contributed by atoms with E-state index in [2.05, 4.69) is 31.1 Å². The number of hydrogen-bond donors (Lipinski definition) is 2. The highest BCUT2D eigenvalue weighted by molar-refractivity contribution is 9.10. The molecule has 0 saturated carbocycles. The minimum atomic E-state index is 0.0411. The van der Waals surface area contributed by atoms with E-state index < -0.39 is 0 Å². The minimum Gasteiger partial charge on any atom is -0.382 e. The van der Waals surface area contributed by atoms with Crippen LogP contribution in [0.5, 0.6) is 0 Å². The summed E-state index contributed by atoms with van der Waals surface area (Å²) in [5.41, 5.74) is 12.3. The van der Waals surface area contributed by atoms with E-state index in [4.69, 9.17) is 23.1 Å². The van der Waals surface area contributed by atoms with Gasteiger partial charge in [0.2, 0.25) is 5.95 Å². The number of aromatic nitrogens is 3. The number of nitrogen functional groups attached to an aromatic ring is 2. The Balaban J connectivity index is 2.62. The highest BCUT2D eigenvalue weighted by atomic mass is 79.9. The lowest BCUT2D eigenvalue weighted by Gasteiger charge is -2.06. The lowest BCUT2D eigenvalue weighted by Crippen LogP contribution is -2.04. The summed E-state index contributed by atoms with van der Waals surface area (Å²) in [7, 11) is 0. The summed E-state index contributed by atoms with van der Waals surface area (Å²) in [6.45, 7) is 0. The van der Waals surface area contributed by atoms with Gasteiger partial charge in [0.15, 0.2) is 5.82 Å². The summed E-state index contributed by atoms with van der Waals surface area (Å²) < 4.78 is 0.810. The van der Waals surface area contributed by atoms with E-state index in [0.717, 1.165) is 10.0 Å². The quantitative estimate of drug-likeness (QED) is 0.842. The number of rotatable bonds is 1. The van der Waals surface area contributed by atoms with Crippen LogP contribution in [0, 0.1) is 0 Å². The highest BCUT2D eigenvalue weighted by Gasteiger charge is 2.11. The molecule has 0 spiro atoms. The molecule has 5 nitrogen and oxygen atoms in total. The largest absolute Gasteiger partial charge is 0.382 e. The predicted octanol–water partition coefficient (Wildman–Crippen LogP) is 2.12. The molecule has 0 fully saturated rings. The Morgan fingerprint density at radius 1 is 1.19 bits per heavy atom. The van der Waals surface area contributed by atoms with Crippen molar-refractivity contribution in [3.8, 4) is 11.3 Å². The maximum absolute atomic E-state index is 5.90. The molecule has 7 heteroatoms. The molecule has 0 amide bonds. The minimum absolute atomic E-state index is 0.0411. The summed E-state index contributed by atoms with van der Waals surface area (Å²) >= 11 is 9.27. The second-order valence-electron chi connectivity index (χ2n) is 3.03. The topological polar surface area (TPSA) is 90.7 Å². The van der Waals surface area contributed by atoms with Crippen LogP contribution >= 0.6 is 27.5 Å². The Morgan fingerprint density at radius 3 is 2.62 bits per heavy atom.